The first-order chi connectivity index (χ1) is 7.25. The number of amidine groups is 1. The summed E-state index contributed by atoms with van der Waals surface area (Å²) >= 11 is 3.83. The third-order valence-corrected chi connectivity index (χ3v) is 3.86. The average Bonchev–Trinajstić information content (AvgIpc) is 2.24. The summed E-state index contributed by atoms with van der Waals surface area (Å²) in [6.07, 6.45) is 1.14. The standard InChI is InChI=1S/C10H10FIN2S/c11-7-2-3-9(8(12)6-7)14-10-13-4-1-5-15-10/h2-3,6H,1,4-5H2,(H,13,14). The van der Waals surface area contributed by atoms with E-state index in [1.54, 1.807) is 17.8 Å². The van der Waals surface area contributed by atoms with E-state index in [4.69, 9.17) is 0 Å². The summed E-state index contributed by atoms with van der Waals surface area (Å²) in [7, 11) is 0. The highest BCUT2D eigenvalue weighted by molar-refractivity contribution is 14.1. The zero-order chi connectivity index (χ0) is 10.7. The monoisotopic (exact) mass is 336 g/mol. The van der Waals surface area contributed by atoms with Gasteiger partial charge >= 0.3 is 0 Å². The third-order valence-electron chi connectivity index (χ3n) is 1.97. The molecule has 2 rings (SSSR count). The molecule has 1 N–H and O–H groups in total. The van der Waals surface area contributed by atoms with Crippen molar-refractivity contribution in [3.05, 3.63) is 27.6 Å². The predicted molar refractivity (Wildman–Crippen MR) is 72.1 cm³/mol. The van der Waals surface area contributed by atoms with Crippen LogP contribution in [-0.2, 0) is 0 Å². The van der Waals surface area contributed by atoms with Gasteiger partial charge in [-0.2, -0.15) is 0 Å². The van der Waals surface area contributed by atoms with Gasteiger partial charge in [0.2, 0.25) is 0 Å². The second kappa shape index (κ2) is 5.16. The highest BCUT2D eigenvalue weighted by Gasteiger charge is 2.08. The summed E-state index contributed by atoms with van der Waals surface area (Å²) in [4.78, 5) is 4.36. The Morgan fingerprint density at radius 3 is 3.00 bits per heavy atom. The molecule has 1 heterocycles. The number of hydrogen-bond donors (Lipinski definition) is 1. The lowest BCUT2D eigenvalue weighted by Gasteiger charge is -2.14. The minimum absolute atomic E-state index is 0.205. The maximum Gasteiger partial charge on any atom is 0.161 e. The molecule has 1 aromatic rings. The smallest absolute Gasteiger partial charge is 0.161 e. The molecule has 80 valence electrons. The molecule has 0 atom stereocenters. The number of halogens is 2. The third kappa shape index (κ3) is 3.07. The molecule has 0 bridgehead atoms. The molecular formula is C10H10FIN2S. The summed E-state index contributed by atoms with van der Waals surface area (Å²) < 4.78 is 13.7. The summed E-state index contributed by atoms with van der Waals surface area (Å²) in [6, 6.07) is 4.71. The predicted octanol–water partition coefficient (Wildman–Crippen LogP) is 3.34. The molecule has 0 fully saturated rings. The number of nitrogens with zero attached hydrogens (tertiary/aromatic N) is 1. The molecule has 0 saturated heterocycles. The van der Waals surface area contributed by atoms with Crippen LogP contribution in [0.2, 0.25) is 0 Å². The molecule has 0 amide bonds. The fourth-order valence-corrected chi connectivity index (χ4v) is 2.68. The fourth-order valence-electron chi connectivity index (χ4n) is 1.24. The van der Waals surface area contributed by atoms with Crippen molar-refractivity contribution in [1.29, 1.82) is 0 Å². The largest absolute Gasteiger partial charge is 0.334 e. The Morgan fingerprint density at radius 1 is 1.47 bits per heavy atom. The van der Waals surface area contributed by atoms with Gasteiger partial charge in [-0.05, 0) is 47.2 Å². The molecule has 5 heteroatoms. The van der Waals surface area contributed by atoms with Gasteiger partial charge in [0.15, 0.2) is 5.17 Å². The lowest BCUT2D eigenvalue weighted by Crippen LogP contribution is -2.14. The first-order valence-corrected chi connectivity index (χ1v) is 6.71. The number of hydrogen-bond acceptors (Lipinski definition) is 3. The van der Waals surface area contributed by atoms with Crippen molar-refractivity contribution in [1.82, 2.24) is 0 Å². The molecular weight excluding hydrogens is 326 g/mol. The second-order valence-corrected chi connectivity index (χ2v) is 5.38. The van der Waals surface area contributed by atoms with E-state index < -0.39 is 0 Å². The van der Waals surface area contributed by atoms with Crippen molar-refractivity contribution in [2.75, 3.05) is 17.6 Å². The minimum Gasteiger partial charge on any atom is -0.334 e. The number of rotatable bonds is 1. The van der Waals surface area contributed by atoms with E-state index in [0.717, 1.165) is 33.1 Å². The maximum absolute atomic E-state index is 12.9. The van der Waals surface area contributed by atoms with Crippen molar-refractivity contribution < 1.29 is 4.39 Å². The van der Waals surface area contributed by atoms with Gasteiger partial charge < -0.3 is 5.32 Å². The van der Waals surface area contributed by atoms with Crippen LogP contribution in [0.3, 0.4) is 0 Å². The minimum atomic E-state index is -0.205. The molecule has 0 unspecified atom stereocenters. The van der Waals surface area contributed by atoms with Gasteiger partial charge in [-0.3, -0.25) is 4.99 Å². The number of aliphatic imine (C=N–C) groups is 1. The number of thioether (sulfide) groups is 1. The van der Waals surface area contributed by atoms with Crippen LogP contribution in [-0.4, -0.2) is 17.5 Å². The molecule has 1 aliphatic heterocycles. The molecule has 0 spiro atoms. The van der Waals surface area contributed by atoms with Crippen molar-refractivity contribution >= 4 is 45.2 Å². The first kappa shape index (κ1) is 11.2. The van der Waals surface area contributed by atoms with Gasteiger partial charge in [-0.25, -0.2) is 4.39 Å². The van der Waals surface area contributed by atoms with Crippen LogP contribution in [0.25, 0.3) is 0 Å². The van der Waals surface area contributed by atoms with Gasteiger partial charge in [0.25, 0.3) is 0 Å². The number of nitrogens with one attached hydrogen (secondary N) is 1. The second-order valence-electron chi connectivity index (χ2n) is 3.14. The van der Waals surface area contributed by atoms with Crippen molar-refractivity contribution in [3.8, 4) is 0 Å². The van der Waals surface area contributed by atoms with Crippen LogP contribution in [0.4, 0.5) is 10.1 Å². The number of benzene rings is 1. The Morgan fingerprint density at radius 2 is 2.33 bits per heavy atom. The summed E-state index contributed by atoms with van der Waals surface area (Å²) in [5.74, 6) is 0.895. The van der Waals surface area contributed by atoms with Crippen molar-refractivity contribution in [3.63, 3.8) is 0 Å². The highest BCUT2D eigenvalue weighted by Crippen LogP contribution is 2.22. The molecule has 1 aliphatic rings. The lowest BCUT2D eigenvalue weighted by atomic mass is 10.3. The van der Waals surface area contributed by atoms with Crippen molar-refractivity contribution in [2.45, 2.75) is 6.42 Å². The zero-order valence-electron chi connectivity index (χ0n) is 7.96. The number of anilines is 1. The fraction of sp³-hybridized carbons (Fsp3) is 0.300. The Kier molecular flexibility index (Phi) is 3.85. The molecule has 15 heavy (non-hydrogen) atoms. The Bertz CT molecular complexity index is 395. The molecule has 0 aliphatic carbocycles. The van der Waals surface area contributed by atoms with E-state index in [1.807, 2.05) is 0 Å². The maximum atomic E-state index is 12.9. The topological polar surface area (TPSA) is 24.4 Å². The SMILES string of the molecule is Fc1ccc(NC2=NCCCS2)c(I)c1. The van der Waals surface area contributed by atoms with E-state index in [1.165, 1.54) is 12.1 Å². The van der Waals surface area contributed by atoms with E-state index in [0.29, 0.717) is 0 Å². The van der Waals surface area contributed by atoms with Crippen LogP contribution in [0.15, 0.2) is 23.2 Å². The van der Waals surface area contributed by atoms with Crippen LogP contribution >= 0.6 is 34.4 Å². The molecule has 1 aromatic carbocycles. The van der Waals surface area contributed by atoms with Gasteiger partial charge in [-0.15, -0.1) is 0 Å². The van der Waals surface area contributed by atoms with Crippen molar-refractivity contribution in [2.24, 2.45) is 4.99 Å². The van der Waals surface area contributed by atoms with Gasteiger partial charge in [0, 0.05) is 15.9 Å². The van der Waals surface area contributed by atoms with E-state index >= 15 is 0 Å². The Balaban J connectivity index is 2.13. The van der Waals surface area contributed by atoms with Gasteiger partial charge in [0.1, 0.15) is 5.82 Å². The normalized spacial score (nSPS) is 16.0. The lowest BCUT2D eigenvalue weighted by molar-refractivity contribution is 0.627. The van der Waals surface area contributed by atoms with Crippen LogP contribution in [0.1, 0.15) is 6.42 Å². The zero-order valence-corrected chi connectivity index (χ0v) is 10.9. The summed E-state index contributed by atoms with van der Waals surface area (Å²) in [5, 5.41) is 4.15. The van der Waals surface area contributed by atoms with Gasteiger partial charge in [0.05, 0.1) is 5.69 Å². The first-order valence-electron chi connectivity index (χ1n) is 4.65. The van der Waals surface area contributed by atoms with Crippen LogP contribution < -0.4 is 5.32 Å². The van der Waals surface area contributed by atoms with E-state index in [9.17, 15) is 4.39 Å². The van der Waals surface area contributed by atoms with Crippen LogP contribution in [0.5, 0.6) is 0 Å². The molecule has 0 radical (unpaired) electrons. The molecule has 2 nitrogen and oxygen atoms in total. The van der Waals surface area contributed by atoms with Gasteiger partial charge in [-0.1, -0.05) is 11.8 Å². The molecule has 0 saturated carbocycles. The Hall–Kier alpha value is -0.300. The highest BCUT2D eigenvalue weighted by atomic mass is 127. The Labute approximate surface area is 106 Å². The quantitative estimate of drug-likeness (QED) is 0.796. The van der Waals surface area contributed by atoms with E-state index in [-0.39, 0.29) is 5.82 Å². The van der Waals surface area contributed by atoms with E-state index in [2.05, 4.69) is 32.9 Å². The molecule has 0 aromatic heterocycles. The average molecular weight is 336 g/mol. The van der Waals surface area contributed by atoms with Crippen LogP contribution in [0, 0.1) is 9.39 Å². The summed E-state index contributed by atoms with van der Waals surface area (Å²) in [6.45, 7) is 0.882. The summed E-state index contributed by atoms with van der Waals surface area (Å²) in [5.41, 5.74) is 0.921.